The summed E-state index contributed by atoms with van der Waals surface area (Å²) in [5.74, 6) is 0.621. The molecule has 0 bridgehead atoms. The molecule has 0 saturated heterocycles. The largest absolute Gasteiger partial charge is 0.493 e. The standard InChI is InChI=1S/C28H29NO5/c1-4-33-28(31)21-12-13-22-18-29(27(30)24(22)16-21)23-14-15-25(32-3)26(17-23)34-19(2)10-11-20-8-6-5-7-9-20/h5-9,12-17,19H,4,10-11,18H2,1-3H3. The van der Waals surface area contributed by atoms with Crippen LogP contribution in [0.4, 0.5) is 5.69 Å². The van der Waals surface area contributed by atoms with Crippen molar-refractivity contribution in [2.24, 2.45) is 0 Å². The molecule has 0 radical (unpaired) electrons. The van der Waals surface area contributed by atoms with Gasteiger partial charge < -0.3 is 19.1 Å². The number of amides is 1. The number of carbonyl (C=O) groups excluding carboxylic acids is 2. The van der Waals surface area contributed by atoms with Crippen molar-refractivity contribution >= 4 is 17.6 Å². The van der Waals surface area contributed by atoms with E-state index in [0.29, 0.717) is 34.9 Å². The zero-order valence-electron chi connectivity index (χ0n) is 19.7. The van der Waals surface area contributed by atoms with Crippen LogP contribution in [-0.2, 0) is 17.7 Å². The molecule has 1 atom stereocenters. The predicted molar refractivity (Wildman–Crippen MR) is 131 cm³/mol. The van der Waals surface area contributed by atoms with E-state index in [0.717, 1.165) is 18.4 Å². The number of carbonyl (C=O) groups is 2. The summed E-state index contributed by atoms with van der Waals surface area (Å²) in [5.41, 5.74) is 3.74. The van der Waals surface area contributed by atoms with E-state index in [1.807, 2.05) is 49.4 Å². The molecule has 1 aliphatic rings. The third-order valence-corrected chi connectivity index (χ3v) is 5.89. The number of methoxy groups -OCH3 is 1. The van der Waals surface area contributed by atoms with Gasteiger partial charge in [0.25, 0.3) is 5.91 Å². The number of anilines is 1. The molecule has 0 aliphatic carbocycles. The first-order chi connectivity index (χ1) is 16.5. The molecule has 0 aromatic heterocycles. The molecule has 6 nitrogen and oxygen atoms in total. The van der Waals surface area contributed by atoms with Crippen LogP contribution in [0.1, 0.15) is 52.1 Å². The number of ether oxygens (including phenoxy) is 3. The third-order valence-electron chi connectivity index (χ3n) is 5.89. The normalized spacial score (nSPS) is 13.4. The number of nitrogens with zero attached hydrogens (tertiary/aromatic N) is 1. The molecule has 3 aromatic carbocycles. The van der Waals surface area contributed by atoms with Gasteiger partial charge in [-0.2, -0.15) is 0 Å². The average Bonchev–Trinajstić information content (AvgIpc) is 3.19. The van der Waals surface area contributed by atoms with Crippen molar-refractivity contribution in [2.75, 3.05) is 18.6 Å². The number of fused-ring (bicyclic) bond motifs is 1. The molecule has 0 saturated carbocycles. The summed E-state index contributed by atoms with van der Waals surface area (Å²) >= 11 is 0. The molecule has 0 fully saturated rings. The first kappa shape index (κ1) is 23.4. The van der Waals surface area contributed by atoms with Crippen LogP contribution in [0.2, 0.25) is 0 Å². The second-order valence-corrected chi connectivity index (χ2v) is 8.27. The number of hydrogen-bond acceptors (Lipinski definition) is 5. The molecule has 1 amide bonds. The fraction of sp³-hybridized carbons (Fsp3) is 0.286. The molecule has 0 N–H and O–H groups in total. The Bertz CT molecular complexity index is 1170. The zero-order valence-corrected chi connectivity index (χ0v) is 19.7. The van der Waals surface area contributed by atoms with Crippen LogP contribution in [0, 0.1) is 0 Å². The highest BCUT2D eigenvalue weighted by molar-refractivity contribution is 6.11. The summed E-state index contributed by atoms with van der Waals surface area (Å²) in [6, 6.07) is 20.9. The Labute approximate surface area is 200 Å². The molecule has 1 aliphatic heterocycles. The monoisotopic (exact) mass is 459 g/mol. The van der Waals surface area contributed by atoms with Gasteiger partial charge in [0.1, 0.15) is 0 Å². The number of hydrogen-bond donors (Lipinski definition) is 0. The average molecular weight is 460 g/mol. The fourth-order valence-electron chi connectivity index (χ4n) is 4.07. The SMILES string of the molecule is CCOC(=O)c1ccc2c(c1)C(=O)N(c1ccc(OC)c(OC(C)CCc3ccccc3)c1)C2. The van der Waals surface area contributed by atoms with Gasteiger partial charge in [0.05, 0.1) is 31.9 Å². The maximum absolute atomic E-state index is 13.2. The van der Waals surface area contributed by atoms with Crippen LogP contribution in [-0.4, -0.2) is 31.7 Å². The van der Waals surface area contributed by atoms with Gasteiger partial charge in [0.2, 0.25) is 0 Å². The summed E-state index contributed by atoms with van der Waals surface area (Å²) < 4.78 is 16.8. The lowest BCUT2D eigenvalue weighted by Crippen LogP contribution is -2.23. The maximum Gasteiger partial charge on any atom is 0.338 e. The summed E-state index contributed by atoms with van der Waals surface area (Å²) in [5, 5.41) is 0. The van der Waals surface area contributed by atoms with Crippen LogP contribution < -0.4 is 14.4 Å². The number of benzene rings is 3. The molecule has 34 heavy (non-hydrogen) atoms. The van der Waals surface area contributed by atoms with Crippen LogP contribution in [0.3, 0.4) is 0 Å². The lowest BCUT2D eigenvalue weighted by Gasteiger charge is -2.21. The van der Waals surface area contributed by atoms with Crippen molar-refractivity contribution in [1.82, 2.24) is 0 Å². The predicted octanol–water partition coefficient (Wildman–Crippen LogP) is 5.43. The minimum Gasteiger partial charge on any atom is -0.493 e. The number of aryl methyl sites for hydroxylation is 1. The maximum atomic E-state index is 13.2. The lowest BCUT2D eigenvalue weighted by molar-refractivity contribution is 0.0526. The van der Waals surface area contributed by atoms with E-state index in [-0.39, 0.29) is 18.6 Å². The summed E-state index contributed by atoms with van der Waals surface area (Å²) in [6.45, 7) is 4.49. The highest BCUT2D eigenvalue weighted by Crippen LogP contribution is 2.36. The molecule has 1 heterocycles. The van der Waals surface area contributed by atoms with Gasteiger partial charge in [0.15, 0.2) is 11.5 Å². The smallest absolute Gasteiger partial charge is 0.338 e. The minimum atomic E-state index is -0.429. The Morgan fingerprint density at radius 3 is 2.56 bits per heavy atom. The molecule has 1 unspecified atom stereocenters. The summed E-state index contributed by atoms with van der Waals surface area (Å²) in [4.78, 5) is 26.9. The van der Waals surface area contributed by atoms with Gasteiger partial charge in [0, 0.05) is 17.3 Å². The summed E-state index contributed by atoms with van der Waals surface area (Å²) in [7, 11) is 1.60. The zero-order chi connectivity index (χ0) is 24.1. The third kappa shape index (κ3) is 5.06. The Hall–Kier alpha value is -3.80. The van der Waals surface area contributed by atoms with E-state index >= 15 is 0 Å². The van der Waals surface area contributed by atoms with E-state index in [1.54, 1.807) is 31.1 Å². The molecular formula is C28H29NO5. The highest BCUT2D eigenvalue weighted by Gasteiger charge is 2.30. The molecular weight excluding hydrogens is 430 g/mol. The van der Waals surface area contributed by atoms with E-state index in [1.165, 1.54) is 5.56 Å². The minimum absolute atomic E-state index is 0.0389. The fourth-order valence-corrected chi connectivity index (χ4v) is 4.07. The van der Waals surface area contributed by atoms with Crippen LogP contribution in [0.25, 0.3) is 0 Å². The van der Waals surface area contributed by atoms with Crippen molar-refractivity contribution in [1.29, 1.82) is 0 Å². The Morgan fingerprint density at radius 2 is 1.82 bits per heavy atom. The van der Waals surface area contributed by atoms with Gasteiger partial charge >= 0.3 is 5.97 Å². The molecule has 6 heteroatoms. The van der Waals surface area contributed by atoms with Gasteiger partial charge in [-0.15, -0.1) is 0 Å². The Morgan fingerprint density at radius 1 is 1.03 bits per heavy atom. The van der Waals surface area contributed by atoms with Gasteiger partial charge in [-0.05, 0) is 62.1 Å². The molecule has 4 rings (SSSR count). The number of rotatable bonds is 9. The first-order valence-electron chi connectivity index (χ1n) is 11.5. The molecule has 0 spiro atoms. The van der Waals surface area contributed by atoms with E-state index in [2.05, 4.69) is 12.1 Å². The topological polar surface area (TPSA) is 65.1 Å². The number of esters is 1. The highest BCUT2D eigenvalue weighted by atomic mass is 16.5. The Kier molecular flexibility index (Phi) is 7.16. The van der Waals surface area contributed by atoms with Crippen molar-refractivity contribution in [3.05, 3.63) is 89.0 Å². The van der Waals surface area contributed by atoms with E-state index in [9.17, 15) is 9.59 Å². The summed E-state index contributed by atoms with van der Waals surface area (Å²) in [6.07, 6.45) is 1.72. The first-order valence-corrected chi connectivity index (χ1v) is 11.5. The second kappa shape index (κ2) is 10.4. The molecule has 176 valence electrons. The molecule has 3 aromatic rings. The van der Waals surface area contributed by atoms with Crippen LogP contribution >= 0.6 is 0 Å². The van der Waals surface area contributed by atoms with Crippen molar-refractivity contribution in [3.8, 4) is 11.5 Å². The van der Waals surface area contributed by atoms with Gasteiger partial charge in [-0.3, -0.25) is 4.79 Å². The van der Waals surface area contributed by atoms with Crippen molar-refractivity contribution in [2.45, 2.75) is 39.3 Å². The van der Waals surface area contributed by atoms with Gasteiger partial charge in [-0.1, -0.05) is 36.4 Å². The van der Waals surface area contributed by atoms with Crippen molar-refractivity contribution in [3.63, 3.8) is 0 Å². The lowest BCUT2D eigenvalue weighted by atomic mass is 10.1. The van der Waals surface area contributed by atoms with E-state index < -0.39 is 5.97 Å². The quantitative estimate of drug-likeness (QED) is 0.399. The van der Waals surface area contributed by atoms with Crippen molar-refractivity contribution < 1.29 is 23.8 Å². The van der Waals surface area contributed by atoms with Crippen LogP contribution in [0.15, 0.2) is 66.7 Å². The van der Waals surface area contributed by atoms with E-state index in [4.69, 9.17) is 14.2 Å². The van der Waals surface area contributed by atoms with Crippen LogP contribution in [0.5, 0.6) is 11.5 Å². The Balaban J connectivity index is 1.50. The second-order valence-electron chi connectivity index (χ2n) is 8.27. The van der Waals surface area contributed by atoms with Gasteiger partial charge in [-0.25, -0.2) is 4.79 Å².